The van der Waals surface area contributed by atoms with E-state index in [2.05, 4.69) is 5.32 Å². The Bertz CT molecular complexity index is 740. The summed E-state index contributed by atoms with van der Waals surface area (Å²) in [5.74, 6) is 0.935. The molecule has 0 spiro atoms. The van der Waals surface area contributed by atoms with Crippen molar-refractivity contribution in [1.29, 1.82) is 0 Å². The summed E-state index contributed by atoms with van der Waals surface area (Å²) in [6, 6.07) is 8.40. The van der Waals surface area contributed by atoms with Crippen LogP contribution in [0.3, 0.4) is 0 Å². The smallest absolute Gasteiger partial charge is 0.255 e. The number of hydrogen-bond acceptors (Lipinski definition) is 4. The van der Waals surface area contributed by atoms with Crippen LogP contribution in [0.15, 0.2) is 30.3 Å². The molecule has 0 radical (unpaired) electrons. The van der Waals surface area contributed by atoms with Crippen LogP contribution in [-0.2, 0) is 0 Å². The highest BCUT2D eigenvalue weighted by atomic mass is 16.6. The molecule has 2 aromatic rings. The van der Waals surface area contributed by atoms with Crippen molar-refractivity contribution in [1.82, 2.24) is 0 Å². The molecule has 5 heteroatoms. The minimum atomic E-state index is -0.310. The molecule has 2 aromatic carbocycles. The molecule has 0 saturated heterocycles. The van der Waals surface area contributed by atoms with E-state index in [4.69, 9.17) is 9.47 Å². The third-order valence-corrected chi connectivity index (χ3v) is 3.66. The highest BCUT2D eigenvalue weighted by molar-refractivity contribution is 6.05. The van der Waals surface area contributed by atoms with Crippen LogP contribution in [0.1, 0.15) is 21.5 Å². The molecule has 0 aliphatic carbocycles. The van der Waals surface area contributed by atoms with Gasteiger partial charge >= 0.3 is 0 Å². The van der Waals surface area contributed by atoms with Crippen LogP contribution in [0.25, 0.3) is 0 Å². The minimum absolute atomic E-state index is 0.0500. The van der Waals surface area contributed by atoms with Crippen LogP contribution in [0.2, 0.25) is 0 Å². The number of amides is 1. The summed E-state index contributed by atoms with van der Waals surface area (Å²) in [7, 11) is 0. The van der Waals surface area contributed by atoms with Crippen molar-refractivity contribution < 1.29 is 19.4 Å². The summed E-state index contributed by atoms with van der Waals surface area (Å²) in [6.07, 6.45) is 0. The highest BCUT2D eigenvalue weighted by Crippen LogP contribution is 2.32. The van der Waals surface area contributed by atoms with E-state index in [1.54, 1.807) is 30.3 Å². The second-order valence-electron chi connectivity index (χ2n) is 5.27. The molecule has 1 amide bonds. The van der Waals surface area contributed by atoms with Crippen LogP contribution >= 0.6 is 0 Å². The third-order valence-electron chi connectivity index (χ3n) is 3.66. The molecule has 114 valence electrons. The Morgan fingerprint density at radius 3 is 2.50 bits per heavy atom. The van der Waals surface area contributed by atoms with Crippen LogP contribution in [0, 0.1) is 13.8 Å². The topological polar surface area (TPSA) is 67.8 Å². The minimum Gasteiger partial charge on any atom is -0.506 e. The van der Waals surface area contributed by atoms with Gasteiger partial charge in [0, 0.05) is 5.56 Å². The molecule has 0 aromatic heterocycles. The van der Waals surface area contributed by atoms with Gasteiger partial charge in [0.1, 0.15) is 19.0 Å². The molecule has 0 atom stereocenters. The third kappa shape index (κ3) is 2.70. The standard InChI is InChI=1S/C17H17NO4/c1-10-7-13(14(19)8-11(10)2)18-17(20)12-3-4-15-16(9-12)22-6-5-21-15/h3-4,7-9,19H,5-6H2,1-2H3,(H,18,20). The quantitative estimate of drug-likeness (QED) is 0.836. The highest BCUT2D eigenvalue weighted by Gasteiger charge is 2.16. The maximum Gasteiger partial charge on any atom is 0.255 e. The molecule has 0 saturated carbocycles. The molecule has 0 fully saturated rings. The van der Waals surface area contributed by atoms with Gasteiger partial charge < -0.3 is 19.9 Å². The number of aromatic hydroxyl groups is 1. The number of phenolic OH excluding ortho intramolecular Hbond substituents is 1. The lowest BCUT2D eigenvalue weighted by molar-refractivity contribution is 0.102. The van der Waals surface area contributed by atoms with Crippen LogP contribution < -0.4 is 14.8 Å². The van der Waals surface area contributed by atoms with Crippen molar-refractivity contribution >= 4 is 11.6 Å². The Hall–Kier alpha value is -2.69. The predicted molar refractivity (Wildman–Crippen MR) is 83.0 cm³/mol. The summed E-state index contributed by atoms with van der Waals surface area (Å²) >= 11 is 0. The summed E-state index contributed by atoms with van der Waals surface area (Å²) in [5, 5.41) is 12.7. The van der Waals surface area contributed by atoms with Crippen molar-refractivity contribution in [2.75, 3.05) is 18.5 Å². The van der Waals surface area contributed by atoms with Gasteiger partial charge in [-0.05, 0) is 55.3 Å². The fourth-order valence-corrected chi connectivity index (χ4v) is 2.28. The molecular weight excluding hydrogens is 282 g/mol. The zero-order valence-corrected chi connectivity index (χ0v) is 12.5. The molecule has 3 rings (SSSR count). The second-order valence-corrected chi connectivity index (χ2v) is 5.27. The number of carbonyl (C=O) groups is 1. The molecule has 22 heavy (non-hydrogen) atoms. The Labute approximate surface area is 128 Å². The van der Waals surface area contributed by atoms with E-state index >= 15 is 0 Å². The Kier molecular flexibility index (Phi) is 3.63. The summed E-state index contributed by atoms with van der Waals surface area (Å²) in [4.78, 5) is 12.3. The molecule has 2 N–H and O–H groups in total. The van der Waals surface area contributed by atoms with Gasteiger partial charge in [0.2, 0.25) is 0 Å². The lowest BCUT2D eigenvalue weighted by Gasteiger charge is -2.18. The lowest BCUT2D eigenvalue weighted by Crippen LogP contribution is -2.17. The van der Waals surface area contributed by atoms with Crippen molar-refractivity contribution in [3.05, 3.63) is 47.0 Å². The fourth-order valence-electron chi connectivity index (χ4n) is 2.28. The fraction of sp³-hybridized carbons (Fsp3) is 0.235. The van der Waals surface area contributed by atoms with Crippen LogP contribution in [0.4, 0.5) is 5.69 Å². The lowest BCUT2D eigenvalue weighted by atomic mass is 10.1. The number of fused-ring (bicyclic) bond motifs is 1. The first-order valence-electron chi connectivity index (χ1n) is 7.06. The van der Waals surface area contributed by atoms with E-state index in [9.17, 15) is 9.90 Å². The summed E-state index contributed by atoms with van der Waals surface area (Å²) < 4.78 is 10.9. The molecule has 5 nitrogen and oxygen atoms in total. The second kappa shape index (κ2) is 5.60. The molecule has 1 heterocycles. The van der Waals surface area contributed by atoms with E-state index in [0.717, 1.165) is 11.1 Å². The van der Waals surface area contributed by atoms with Gasteiger partial charge in [-0.2, -0.15) is 0 Å². The van der Waals surface area contributed by atoms with E-state index in [-0.39, 0.29) is 11.7 Å². The van der Waals surface area contributed by atoms with Gasteiger partial charge in [-0.1, -0.05) is 0 Å². The number of benzene rings is 2. The maximum atomic E-state index is 12.3. The summed E-state index contributed by atoms with van der Waals surface area (Å²) in [5.41, 5.74) is 2.80. The average molecular weight is 299 g/mol. The monoisotopic (exact) mass is 299 g/mol. The maximum absolute atomic E-state index is 12.3. The first kappa shape index (κ1) is 14.3. The van der Waals surface area contributed by atoms with E-state index < -0.39 is 0 Å². The SMILES string of the molecule is Cc1cc(O)c(NC(=O)c2ccc3c(c2)OCCO3)cc1C. The Balaban J connectivity index is 1.84. The Morgan fingerprint density at radius 1 is 1.05 bits per heavy atom. The first-order valence-corrected chi connectivity index (χ1v) is 7.06. The number of aryl methyl sites for hydroxylation is 2. The van der Waals surface area contributed by atoms with E-state index in [1.807, 2.05) is 13.8 Å². The zero-order valence-electron chi connectivity index (χ0n) is 12.5. The van der Waals surface area contributed by atoms with Crippen molar-refractivity contribution in [2.45, 2.75) is 13.8 Å². The van der Waals surface area contributed by atoms with Gasteiger partial charge in [0.05, 0.1) is 5.69 Å². The molecule has 1 aliphatic rings. The number of phenols is 1. The largest absolute Gasteiger partial charge is 0.506 e. The molecule has 0 unspecified atom stereocenters. The van der Waals surface area contributed by atoms with Crippen LogP contribution in [0.5, 0.6) is 17.2 Å². The number of carbonyl (C=O) groups excluding carboxylic acids is 1. The van der Waals surface area contributed by atoms with Crippen molar-refractivity contribution in [3.63, 3.8) is 0 Å². The number of anilines is 1. The summed E-state index contributed by atoms with van der Waals surface area (Å²) in [6.45, 7) is 4.81. The first-order chi connectivity index (χ1) is 10.5. The normalized spacial score (nSPS) is 12.8. The number of rotatable bonds is 2. The number of ether oxygens (including phenoxy) is 2. The van der Waals surface area contributed by atoms with E-state index in [1.165, 1.54) is 0 Å². The van der Waals surface area contributed by atoms with Gasteiger partial charge in [0.25, 0.3) is 5.91 Å². The van der Waals surface area contributed by atoms with Gasteiger partial charge in [-0.25, -0.2) is 0 Å². The average Bonchev–Trinajstić information content (AvgIpc) is 2.52. The molecule has 0 bridgehead atoms. The number of nitrogens with one attached hydrogen (secondary N) is 1. The van der Waals surface area contributed by atoms with Crippen molar-refractivity contribution in [3.8, 4) is 17.2 Å². The van der Waals surface area contributed by atoms with Crippen LogP contribution in [-0.4, -0.2) is 24.2 Å². The van der Waals surface area contributed by atoms with Crippen molar-refractivity contribution in [2.24, 2.45) is 0 Å². The van der Waals surface area contributed by atoms with Gasteiger partial charge in [0.15, 0.2) is 11.5 Å². The molecular formula is C17H17NO4. The zero-order chi connectivity index (χ0) is 15.7. The Morgan fingerprint density at radius 2 is 1.73 bits per heavy atom. The van der Waals surface area contributed by atoms with E-state index in [0.29, 0.717) is 36.0 Å². The molecule has 1 aliphatic heterocycles. The number of hydrogen-bond donors (Lipinski definition) is 2. The predicted octanol–water partition coefficient (Wildman–Crippen LogP) is 3.03. The van der Waals surface area contributed by atoms with Gasteiger partial charge in [-0.15, -0.1) is 0 Å². The van der Waals surface area contributed by atoms with Gasteiger partial charge in [-0.3, -0.25) is 4.79 Å².